The van der Waals surface area contributed by atoms with Gasteiger partial charge in [-0.2, -0.15) is 5.26 Å². The van der Waals surface area contributed by atoms with E-state index in [0.29, 0.717) is 23.6 Å². The van der Waals surface area contributed by atoms with Gasteiger partial charge in [0.05, 0.1) is 7.11 Å². The lowest BCUT2D eigenvalue weighted by molar-refractivity contribution is -0.112. The number of carbonyl (C=O) groups is 1. The van der Waals surface area contributed by atoms with Crippen LogP contribution in [-0.4, -0.2) is 18.1 Å². The molecule has 0 atom stereocenters. The van der Waals surface area contributed by atoms with Crippen molar-refractivity contribution in [2.75, 3.05) is 12.4 Å². The average molecular weight is 400 g/mol. The van der Waals surface area contributed by atoms with E-state index in [9.17, 15) is 15.2 Å². The summed E-state index contributed by atoms with van der Waals surface area (Å²) in [6, 6.07) is 23.2. The minimum Gasteiger partial charge on any atom is -0.504 e. The molecule has 3 rings (SSSR count). The number of nitrogens with one attached hydrogen (secondary N) is 1. The molecule has 0 heterocycles. The number of nitriles is 1. The molecule has 0 aliphatic heterocycles. The highest BCUT2D eigenvalue weighted by atomic mass is 16.5. The van der Waals surface area contributed by atoms with Crippen molar-refractivity contribution >= 4 is 17.7 Å². The molecule has 0 bridgehead atoms. The molecule has 0 spiro atoms. The number of carbonyl (C=O) groups excluding carboxylic acids is 1. The molecule has 30 heavy (non-hydrogen) atoms. The fourth-order valence-electron chi connectivity index (χ4n) is 2.67. The molecule has 1 amide bonds. The lowest BCUT2D eigenvalue weighted by Crippen LogP contribution is -2.13. The van der Waals surface area contributed by atoms with Crippen molar-refractivity contribution in [2.45, 2.75) is 6.61 Å². The minimum atomic E-state index is -0.539. The van der Waals surface area contributed by atoms with Crippen LogP contribution in [-0.2, 0) is 11.4 Å². The predicted molar refractivity (Wildman–Crippen MR) is 114 cm³/mol. The highest BCUT2D eigenvalue weighted by Crippen LogP contribution is 2.27. The van der Waals surface area contributed by atoms with Gasteiger partial charge in [0.25, 0.3) is 5.91 Å². The van der Waals surface area contributed by atoms with Gasteiger partial charge in [0, 0.05) is 5.69 Å². The van der Waals surface area contributed by atoms with Crippen LogP contribution < -0.4 is 14.8 Å². The van der Waals surface area contributed by atoms with Crippen molar-refractivity contribution in [2.24, 2.45) is 0 Å². The van der Waals surface area contributed by atoms with E-state index >= 15 is 0 Å². The van der Waals surface area contributed by atoms with Crippen LogP contribution in [0.5, 0.6) is 17.2 Å². The van der Waals surface area contributed by atoms with Crippen LogP contribution in [0.25, 0.3) is 6.08 Å². The maximum absolute atomic E-state index is 12.5. The summed E-state index contributed by atoms with van der Waals surface area (Å²) in [5.74, 6) is 0.367. The topological polar surface area (TPSA) is 91.6 Å². The average Bonchev–Trinajstić information content (AvgIpc) is 2.78. The number of aromatic hydroxyl groups is 1. The standard InChI is InChI=1S/C24H20N2O4/c1-29-23-14-18(7-12-22(23)27)13-19(15-25)24(28)26-20-8-10-21(11-9-20)30-16-17-5-3-2-4-6-17/h2-14,27H,16H2,1H3,(H,26,28)/b19-13+. The first kappa shape index (κ1) is 20.5. The Labute approximate surface area is 174 Å². The Kier molecular flexibility index (Phi) is 6.70. The molecule has 0 aliphatic rings. The van der Waals surface area contributed by atoms with Gasteiger partial charge in [-0.15, -0.1) is 0 Å². The summed E-state index contributed by atoms with van der Waals surface area (Å²) in [7, 11) is 1.42. The Morgan fingerprint density at radius 1 is 1.10 bits per heavy atom. The van der Waals surface area contributed by atoms with E-state index in [1.165, 1.54) is 19.3 Å². The number of benzene rings is 3. The molecule has 6 heteroatoms. The van der Waals surface area contributed by atoms with Crippen LogP contribution in [0.2, 0.25) is 0 Å². The molecule has 0 saturated carbocycles. The molecular formula is C24H20N2O4. The van der Waals surface area contributed by atoms with Gasteiger partial charge in [-0.25, -0.2) is 0 Å². The number of nitrogens with zero attached hydrogens (tertiary/aromatic N) is 1. The van der Waals surface area contributed by atoms with Gasteiger partial charge < -0.3 is 19.9 Å². The number of anilines is 1. The highest BCUT2D eigenvalue weighted by molar-refractivity contribution is 6.09. The van der Waals surface area contributed by atoms with Crippen LogP contribution in [0.15, 0.2) is 78.4 Å². The Balaban J connectivity index is 1.64. The first-order valence-electron chi connectivity index (χ1n) is 9.16. The number of phenols is 1. The second kappa shape index (κ2) is 9.80. The Morgan fingerprint density at radius 3 is 2.50 bits per heavy atom. The van der Waals surface area contributed by atoms with E-state index in [2.05, 4.69) is 5.32 Å². The van der Waals surface area contributed by atoms with E-state index in [0.717, 1.165) is 5.56 Å². The predicted octanol–water partition coefficient (Wildman–Crippen LogP) is 4.53. The number of rotatable bonds is 7. The monoisotopic (exact) mass is 400 g/mol. The maximum atomic E-state index is 12.5. The third-order valence-electron chi connectivity index (χ3n) is 4.24. The van der Waals surface area contributed by atoms with E-state index in [1.54, 1.807) is 36.4 Å². The number of methoxy groups -OCH3 is 1. The zero-order chi connectivity index (χ0) is 21.3. The van der Waals surface area contributed by atoms with Gasteiger partial charge in [0.2, 0.25) is 0 Å². The van der Waals surface area contributed by atoms with Gasteiger partial charge in [-0.1, -0.05) is 36.4 Å². The third-order valence-corrected chi connectivity index (χ3v) is 4.24. The second-order valence-electron chi connectivity index (χ2n) is 6.35. The van der Waals surface area contributed by atoms with Crippen molar-refractivity contribution < 1.29 is 19.4 Å². The highest BCUT2D eigenvalue weighted by Gasteiger charge is 2.11. The molecule has 0 aliphatic carbocycles. The normalized spacial score (nSPS) is 10.7. The van der Waals surface area contributed by atoms with E-state index in [4.69, 9.17) is 9.47 Å². The van der Waals surface area contributed by atoms with Crippen molar-refractivity contribution in [3.8, 4) is 23.3 Å². The first-order chi connectivity index (χ1) is 14.6. The van der Waals surface area contributed by atoms with Gasteiger partial charge in [-0.3, -0.25) is 4.79 Å². The molecule has 0 aromatic heterocycles. The molecule has 2 N–H and O–H groups in total. The van der Waals surface area contributed by atoms with Crippen LogP contribution in [0.4, 0.5) is 5.69 Å². The largest absolute Gasteiger partial charge is 0.504 e. The number of phenolic OH excluding ortho intramolecular Hbond substituents is 1. The summed E-state index contributed by atoms with van der Waals surface area (Å²) >= 11 is 0. The molecule has 0 fully saturated rings. The number of hydrogen-bond donors (Lipinski definition) is 2. The summed E-state index contributed by atoms with van der Waals surface area (Å²) in [6.45, 7) is 0.448. The third kappa shape index (κ3) is 5.40. The molecular weight excluding hydrogens is 380 g/mol. The second-order valence-corrected chi connectivity index (χ2v) is 6.35. The quantitative estimate of drug-likeness (QED) is 0.449. The van der Waals surface area contributed by atoms with Crippen LogP contribution >= 0.6 is 0 Å². The summed E-state index contributed by atoms with van der Waals surface area (Å²) in [6.07, 6.45) is 1.43. The SMILES string of the molecule is COc1cc(/C=C(\C#N)C(=O)Nc2ccc(OCc3ccccc3)cc2)ccc1O. The zero-order valence-electron chi connectivity index (χ0n) is 16.3. The van der Waals surface area contributed by atoms with E-state index in [-0.39, 0.29) is 17.1 Å². The van der Waals surface area contributed by atoms with Gasteiger partial charge in [0.1, 0.15) is 24.0 Å². The van der Waals surface area contributed by atoms with E-state index in [1.807, 2.05) is 36.4 Å². The van der Waals surface area contributed by atoms with Crippen molar-refractivity contribution in [3.63, 3.8) is 0 Å². The Morgan fingerprint density at radius 2 is 1.83 bits per heavy atom. The van der Waals surface area contributed by atoms with Gasteiger partial charge in [-0.05, 0) is 53.6 Å². The first-order valence-corrected chi connectivity index (χ1v) is 9.16. The van der Waals surface area contributed by atoms with Crippen molar-refractivity contribution in [3.05, 3.63) is 89.5 Å². The van der Waals surface area contributed by atoms with E-state index < -0.39 is 5.91 Å². The lowest BCUT2D eigenvalue weighted by atomic mass is 10.1. The summed E-state index contributed by atoms with van der Waals surface area (Å²) in [4.78, 5) is 12.5. The van der Waals surface area contributed by atoms with Crippen LogP contribution in [0, 0.1) is 11.3 Å². The van der Waals surface area contributed by atoms with Crippen molar-refractivity contribution in [1.82, 2.24) is 0 Å². The molecule has 3 aromatic rings. The summed E-state index contributed by atoms with van der Waals surface area (Å²) in [5, 5.41) is 21.7. The van der Waals surface area contributed by atoms with Gasteiger partial charge >= 0.3 is 0 Å². The smallest absolute Gasteiger partial charge is 0.266 e. The maximum Gasteiger partial charge on any atom is 0.266 e. The molecule has 0 saturated heterocycles. The Hall–Kier alpha value is -4.24. The van der Waals surface area contributed by atoms with Gasteiger partial charge in [0.15, 0.2) is 11.5 Å². The fourth-order valence-corrected chi connectivity index (χ4v) is 2.67. The molecule has 150 valence electrons. The molecule has 0 unspecified atom stereocenters. The summed E-state index contributed by atoms with van der Waals surface area (Å²) < 4.78 is 10.8. The summed E-state index contributed by atoms with van der Waals surface area (Å²) in [5.41, 5.74) is 2.08. The van der Waals surface area contributed by atoms with Crippen molar-refractivity contribution in [1.29, 1.82) is 5.26 Å². The molecule has 3 aromatic carbocycles. The molecule has 6 nitrogen and oxygen atoms in total. The molecule has 0 radical (unpaired) electrons. The number of ether oxygens (including phenoxy) is 2. The van der Waals surface area contributed by atoms with Crippen LogP contribution in [0.1, 0.15) is 11.1 Å². The van der Waals surface area contributed by atoms with Crippen LogP contribution in [0.3, 0.4) is 0 Å². The number of hydrogen-bond acceptors (Lipinski definition) is 5. The minimum absolute atomic E-state index is 0.0211. The number of amides is 1. The Bertz CT molecular complexity index is 1080. The lowest BCUT2D eigenvalue weighted by Gasteiger charge is -2.08. The zero-order valence-corrected chi connectivity index (χ0v) is 16.3. The fraction of sp³-hybridized carbons (Fsp3) is 0.0833.